The first-order valence-electron chi connectivity index (χ1n) is 9.66. The van der Waals surface area contributed by atoms with Gasteiger partial charge in [0.2, 0.25) is 15.9 Å². The Labute approximate surface area is 197 Å². The highest BCUT2D eigenvalue weighted by Crippen LogP contribution is 2.27. The summed E-state index contributed by atoms with van der Waals surface area (Å²) in [6.07, 6.45) is 0.123. The van der Waals surface area contributed by atoms with Gasteiger partial charge >= 0.3 is 0 Å². The van der Waals surface area contributed by atoms with Gasteiger partial charge in [-0.15, -0.1) is 0 Å². The van der Waals surface area contributed by atoms with Gasteiger partial charge < -0.3 is 10.1 Å². The second kappa shape index (κ2) is 10.4. The Kier molecular flexibility index (Phi) is 7.79. The van der Waals surface area contributed by atoms with Crippen LogP contribution < -0.4 is 14.8 Å². The lowest BCUT2D eigenvalue weighted by Gasteiger charge is -2.20. The molecule has 32 heavy (non-hydrogen) atoms. The second-order valence-electron chi connectivity index (χ2n) is 7.13. The third-order valence-electron chi connectivity index (χ3n) is 4.69. The Morgan fingerprint density at radius 2 is 1.75 bits per heavy atom. The molecule has 0 saturated heterocycles. The SMILES string of the molecule is COc1ccc(C)cc1S(=O)(=O)N[C@@H](Cc1ccccc1)C(=O)Nc1cc(Cl)ccc1Cl. The molecular formula is C23H22Cl2N2O4S. The van der Waals surface area contributed by atoms with Crippen molar-refractivity contribution >= 4 is 44.8 Å². The summed E-state index contributed by atoms with van der Waals surface area (Å²) in [5.41, 5.74) is 1.80. The third-order valence-corrected chi connectivity index (χ3v) is 6.75. The number of benzene rings is 3. The molecule has 6 nitrogen and oxygen atoms in total. The summed E-state index contributed by atoms with van der Waals surface area (Å²) in [4.78, 5) is 13.1. The molecule has 3 rings (SSSR count). The minimum Gasteiger partial charge on any atom is -0.495 e. The van der Waals surface area contributed by atoms with Crippen molar-refractivity contribution < 1.29 is 17.9 Å². The summed E-state index contributed by atoms with van der Waals surface area (Å²) >= 11 is 12.2. The molecule has 3 aromatic carbocycles. The normalized spacial score (nSPS) is 12.2. The highest BCUT2D eigenvalue weighted by atomic mass is 35.5. The minimum absolute atomic E-state index is 0.0494. The van der Waals surface area contributed by atoms with E-state index in [0.29, 0.717) is 5.02 Å². The molecule has 9 heteroatoms. The monoisotopic (exact) mass is 492 g/mol. The summed E-state index contributed by atoms with van der Waals surface area (Å²) in [6.45, 7) is 1.77. The van der Waals surface area contributed by atoms with E-state index in [-0.39, 0.29) is 27.8 Å². The molecule has 3 aromatic rings. The molecule has 0 fully saturated rings. The van der Waals surface area contributed by atoms with Gasteiger partial charge in [-0.2, -0.15) is 4.72 Å². The number of carbonyl (C=O) groups is 1. The molecule has 0 unspecified atom stereocenters. The fourth-order valence-corrected chi connectivity index (χ4v) is 4.88. The van der Waals surface area contributed by atoms with Crippen molar-refractivity contribution in [3.05, 3.63) is 87.9 Å². The van der Waals surface area contributed by atoms with Crippen molar-refractivity contribution in [1.29, 1.82) is 0 Å². The van der Waals surface area contributed by atoms with E-state index in [1.54, 1.807) is 31.2 Å². The maximum atomic E-state index is 13.2. The first-order chi connectivity index (χ1) is 15.2. The number of aryl methyl sites for hydroxylation is 1. The maximum Gasteiger partial charge on any atom is 0.245 e. The number of anilines is 1. The van der Waals surface area contributed by atoms with Gasteiger partial charge in [-0.25, -0.2) is 8.42 Å². The van der Waals surface area contributed by atoms with Gasteiger partial charge in [-0.3, -0.25) is 4.79 Å². The average Bonchev–Trinajstić information content (AvgIpc) is 2.76. The molecule has 2 N–H and O–H groups in total. The van der Waals surface area contributed by atoms with Crippen molar-refractivity contribution in [1.82, 2.24) is 4.72 Å². The molecule has 0 aliphatic heterocycles. The predicted octanol–water partition coefficient (Wildman–Crippen LogP) is 4.84. The van der Waals surface area contributed by atoms with E-state index in [4.69, 9.17) is 27.9 Å². The lowest BCUT2D eigenvalue weighted by Crippen LogP contribution is -2.45. The zero-order chi connectivity index (χ0) is 23.3. The number of ether oxygens (including phenoxy) is 1. The molecule has 1 atom stereocenters. The number of methoxy groups -OCH3 is 1. The Balaban J connectivity index is 1.95. The van der Waals surface area contributed by atoms with Crippen molar-refractivity contribution in [3.8, 4) is 5.75 Å². The summed E-state index contributed by atoms with van der Waals surface area (Å²) in [5, 5.41) is 3.34. The number of halogens is 2. The van der Waals surface area contributed by atoms with Gasteiger partial charge in [0.25, 0.3) is 0 Å². The molecule has 0 bridgehead atoms. The van der Waals surface area contributed by atoms with Gasteiger partial charge in [0.15, 0.2) is 0 Å². The number of carbonyl (C=O) groups excluding carboxylic acids is 1. The molecule has 0 spiro atoms. The van der Waals surface area contributed by atoms with Crippen molar-refractivity contribution in [2.45, 2.75) is 24.3 Å². The van der Waals surface area contributed by atoms with Gasteiger partial charge in [0, 0.05) is 5.02 Å². The molecular weight excluding hydrogens is 471 g/mol. The molecule has 0 aromatic heterocycles. The van der Waals surface area contributed by atoms with Gasteiger partial charge in [-0.05, 0) is 54.8 Å². The molecule has 0 heterocycles. The predicted molar refractivity (Wildman–Crippen MR) is 127 cm³/mol. The van der Waals surface area contributed by atoms with Crippen molar-refractivity contribution in [2.24, 2.45) is 0 Å². The quantitative estimate of drug-likeness (QED) is 0.471. The molecule has 0 saturated carbocycles. The second-order valence-corrected chi connectivity index (χ2v) is 9.66. The standard InChI is InChI=1S/C23H22Cl2N2O4S/c1-15-8-11-21(31-2)22(12-15)32(29,30)27-20(13-16-6-4-3-5-7-16)23(28)26-19-14-17(24)9-10-18(19)25/h3-12,14,20,27H,13H2,1-2H3,(H,26,28)/t20-/m0/s1. The summed E-state index contributed by atoms with van der Waals surface area (Å²) < 4.78 is 34.2. The van der Waals surface area contributed by atoms with Crippen LogP contribution >= 0.6 is 23.2 Å². The molecule has 168 valence electrons. The van der Waals surface area contributed by atoms with E-state index in [2.05, 4.69) is 10.0 Å². The maximum absolute atomic E-state index is 13.2. The topological polar surface area (TPSA) is 84.5 Å². The Hall–Kier alpha value is -2.58. The van der Waals surface area contributed by atoms with Crippen LogP contribution in [-0.4, -0.2) is 27.5 Å². The van der Waals surface area contributed by atoms with Crippen LogP contribution in [-0.2, 0) is 21.2 Å². The average molecular weight is 493 g/mol. The molecule has 1 amide bonds. The first kappa shape index (κ1) is 24.1. The van der Waals surface area contributed by atoms with Crippen molar-refractivity contribution in [3.63, 3.8) is 0 Å². The van der Waals surface area contributed by atoms with Crippen LogP contribution in [0.4, 0.5) is 5.69 Å². The Bertz CT molecular complexity index is 1220. The van der Waals surface area contributed by atoms with Crippen LogP contribution in [0.3, 0.4) is 0 Å². The fourth-order valence-electron chi connectivity index (χ4n) is 3.10. The van der Waals surface area contributed by atoms with E-state index < -0.39 is 22.0 Å². The zero-order valence-electron chi connectivity index (χ0n) is 17.4. The number of sulfonamides is 1. The lowest BCUT2D eigenvalue weighted by molar-refractivity contribution is -0.117. The lowest BCUT2D eigenvalue weighted by atomic mass is 10.1. The van der Waals surface area contributed by atoms with Gasteiger partial charge in [-0.1, -0.05) is 59.6 Å². The molecule has 0 radical (unpaired) electrons. The number of hydrogen-bond acceptors (Lipinski definition) is 4. The largest absolute Gasteiger partial charge is 0.495 e. The van der Waals surface area contributed by atoms with E-state index in [9.17, 15) is 13.2 Å². The van der Waals surface area contributed by atoms with E-state index in [1.807, 2.05) is 30.3 Å². The number of rotatable bonds is 8. The smallest absolute Gasteiger partial charge is 0.245 e. The van der Waals surface area contributed by atoms with Crippen LogP contribution in [0.5, 0.6) is 5.75 Å². The van der Waals surface area contributed by atoms with Crippen LogP contribution in [0.25, 0.3) is 0 Å². The van der Waals surface area contributed by atoms with Crippen LogP contribution in [0.2, 0.25) is 10.0 Å². The summed E-state index contributed by atoms with van der Waals surface area (Å²) in [6, 6.07) is 17.4. The first-order valence-corrected chi connectivity index (χ1v) is 11.9. The Morgan fingerprint density at radius 3 is 2.44 bits per heavy atom. The van der Waals surface area contributed by atoms with E-state index in [1.165, 1.54) is 19.2 Å². The highest BCUT2D eigenvalue weighted by Gasteiger charge is 2.29. The fraction of sp³-hybridized carbons (Fsp3) is 0.174. The Morgan fingerprint density at radius 1 is 1.03 bits per heavy atom. The number of nitrogens with one attached hydrogen (secondary N) is 2. The van der Waals surface area contributed by atoms with Crippen LogP contribution in [0.15, 0.2) is 71.6 Å². The number of amides is 1. The zero-order valence-corrected chi connectivity index (χ0v) is 19.8. The van der Waals surface area contributed by atoms with Crippen molar-refractivity contribution in [2.75, 3.05) is 12.4 Å². The molecule has 0 aliphatic carbocycles. The van der Waals surface area contributed by atoms with Crippen LogP contribution in [0, 0.1) is 6.92 Å². The van der Waals surface area contributed by atoms with Crippen LogP contribution in [0.1, 0.15) is 11.1 Å². The van der Waals surface area contributed by atoms with Gasteiger partial charge in [0.1, 0.15) is 16.7 Å². The molecule has 0 aliphatic rings. The van der Waals surface area contributed by atoms with E-state index in [0.717, 1.165) is 11.1 Å². The number of hydrogen-bond donors (Lipinski definition) is 2. The third kappa shape index (κ3) is 6.01. The summed E-state index contributed by atoms with van der Waals surface area (Å²) in [5.74, 6) is -0.395. The summed E-state index contributed by atoms with van der Waals surface area (Å²) in [7, 11) is -2.71. The van der Waals surface area contributed by atoms with E-state index >= 15 is 0 Å². The van der Waals surface area contributed by atoms with Gasteiger partial charge in [0.05, 0.1) is 17.8 Å². The highest BCUT2D eigenvalue weighted by molar-refractivity contribution is 7.89. The minimum atomic E-state index is -4.10.